The largest absolute Gasteiger partial charge is 0.421 e. The van der Waals surface area contributed by atoms with Gasteiger partial charge in [0, 0.05) is 24.4 Å². The Hall–Kier alpha value is -1.81. The number of carbonyl (C=O) groups excluding carboxylic acids is 2. The highest BCUT2D eigenvalue weighted by Crippen LogP contribution is 2.19. The standard InChI is InChI=1S/C15H17ClO4/c1-4-13(8-12-6-5-7-14(16)9-12)15(19-10(2)17)20-11(3)18/h5-9,15H,4H2,1-3H3/b13-8+. The number of hydrogen-bond acceptors (Lipinski definition) is 4. The lowest BCUT2D eigenvalue weighted by atomic mass is 10.1. The van der Waals surface area contributed by atoms with E-state index in [0.29, 0.717) is 17.0 Å². The minimum atomic E-state index is -1.01. The molecule has 1 aromatic carbocycles. The van der Waals surface area contributed by atoms with Crippen LogP contribution >= 0.6 is 11.6 Å². The SMILES string of the molecule is CC/C(=C\c1cccc(Cl)c1)C(OC(C)=O)OC(C)=O. The zero-order valence-electron chi connectivity index (χ0n) is 11.7. The third-order valence-electron chi connectivity index (χ3n) is 2.46. The van der Waals surface area contributed by atoms with Crippen molar-refractivity contribution in [3.63, 3.8) is 0 Å². The quantitative estimate of drug-likeness (QED) is 0.615. The van der Waals surface area contributed by atoms with E-state index < -0.39 is 18.2 Å². The Morgan fingerprint density at radius 2 is 1.85 bits per heavy atom. The highest BCUT2D eigenvalue weighted by Gasteiger charge is 2.19. The normalized spacial score (nSPS) is 11.3. The predicted molar refractivity (Wildman–Crippen MR) is 77.0 cm³/mol. The second-order valence-corrected chi connectivity index (χ2v) is 4.62. The molecule has 0 saturated heterocycles. The van der Waals surface area contributed by atoms with E-state index in [1.807, 2.05) is 19.1 Å². The summed E-state index contributed by atoms with van der Waals surface area (Å²) in [5.41, 5.74) is 1.52. The van der Waals surface area contributed by atoms with Crippen molar-refractivity contribution in [1.29, 1.82) is 0 Å². The summed E-state index contributed by atoms with van der Waals surface area (Å²) in [7, 11) is 0. The van der Waals surface area contributed by atoms with Crippen LogP contribution in [0.25, 0.3) is 6.08 Å². The molecule has 0 aliphatic heterocycles. The van der Waals surface area contributed by atoms with Gasteiger partial charge in [0.1, 0.15) is 0 Å². The van der Waals surface area contributed by atoms with Gasteiger partial charge in [0.15, 0.2) is 0 Å². The summed E-state index contributed by atoms with van der Waals surface area (Å²) in [6.45, 7) is 4.42. The summed E-state index contributed by atoms with van der Waals surface area (Å²) >= 11 is 5.92. The van der Waals surface area contributed by atoms with Crippen molar-refractivity contribution in [1.82, 2.24) is 0 Å². The van der Waals surface area contributed by atoms with Gasteiger partial charge < -0.3 is 9.47 Å². The number of esters is 2. The summed E-state index contributed by atoms with van der Waals surface area (Å²) in [4.78, 5) is 22.2. The summed E-state index contributed by atoms with van der Waals surface area (Å²) in [5.74, 6) is -1.02. The Balaban J connectivity index is 3.04. The van der Waals surface area contributed by atoms with Gasteiger partial charge in [-0.2, -0.15) is 0 Å². The van der Waals surface area contributed by atoms with Crippen LogP contribution in [0.5, 0.6) is 0 Å². The van der Waals surface area contributed by atoms with Gasteiger partial charge in [-0.3, -0.25) is 9.59 Å². The van der Waals surface area contributed by atoms with E-state index in [0.717, 1.165) is 5.56 Å². The Bertz CT molecular complexity index is 506. The van der Waals surface area contributed by atoms with Crippen molar-refractivity contribution in [2.45, 2.75) is 33.5 Å². The Morgan fingerprint density at radius 3 is 2.30 bits per heavy atom. The molecule has 0 atom stereocenters. The van der Waals surface area contributed by atoms with Gasteiger partial charge in [-0.15, -0.1) is 0 Å². The molecule has 0 aromatic heterocycles. The lowest BCUT2D eigenvalue weighted by molar-refractivity contribution is -0.178. The molecule has 0 N–H and O–H groups in total. The topological polar surface area (TPSA) is 52.6 Å². The van der Waals surface area contributed by atoms with E-state index in [4.69, 9.17) is 21.1 Å². The van der Waals surface area contributed by atoms with E-state index in [1.54, 1.807) is 18.2 Å². The summed E-state index contributed by atoms with van der Waals surface area (Å²) in [6, 6.07) is 7.21. The maximum atomic E-state index is 11.1. The molecular formula is C15H17ClO4. The van der Waals surface area contributed by atoms with Crippen molar-refractivity contribution < 1.29 is 19.1 Å². The van der Waals surface area contributed by atoms with Crippen LogP contribution in [0.3, 0.4) is 0 Å². The van der Waals surface area contributed by atoms with Gasteiger partial charge in [-0.25, -0.2) is 0 Å². The minimum absolute atomic E-state index is 0.512. The van der Waals surface area contributed by atoms with Crippen molar-refractivity contribution in [2.24, 2.45) is 0 Å². The first-order chi connectivity index (χ1) is 9.42. The molecule has 108 valence electrons. The van der Waals surface area contributed by atoms with Gasteiger partial charge >= 0.3 is 11.9 Å². The molecule has 0 spiro atoms. The average Bonchev–Trinajstić information content (AvgIpc) is 2.34. The lowest BCUT2D eigenvalue weighted by Gasteiger charge is -2.19. The fourth-order valence-corrected chi connectivity index (χ4v) is 1.82. The first-order valence-electron chi connectivity index (χ1n) is 6.22. The fourth-order valence-electron chi connectivity index (χ4n) is 1.62. The molecule has 4 nitrogen and oxygen atoms in total. The van der Waals surface area contributed by atoms with Crippen LogP contribution in [0.4, 0.5) is 0 Å². The van der Waals surface area contributed by atoms with Crippen LogP contribution < -0.4 is 0 Å². The summed E-state index contributed by atoms with van der Waals surface area (Å²) in [6.07, 6.45) is 1.36. The first kappa shape index (κ1) is 16.2. The van der Waals surface area contributed by atoms with Crippen LogP contribution in [0, 0.1) is 0 Å². The van der Waals surface area contributed by atoms with E-state index in [9.17, 15) is 9.59 Å². The molecule has 0 heterocycles. The molecule has 1 aromatic rings. The lowest BCUT2D eigenvalue weighted by Crippen LogP contribution is -2.24. The van der Waals surface area contributed by atoms with E-state index in [2.05, 4.69) is 0 Å². The number of halogens is 1. The predicted octanol–water partition coefficient (Wildman–Crippen LogP) is 3.59. The number of ether oxygens (including phenoxy) is 2. The molecule has 0 bridgehead atoms. The molecule has 0 radical (unpaired) electrons. The summed E-state index contributed by atoms with van der Waals surface area (Å²) in [5, 5.41) is 0.603. The van der Waals surface area contributed by atoms with E-state index in [-0.39, 0.29) is 0 Å². The van der Waals surface area contributed by atoms with Crippen molar-refractivity contribution >= 4 is 29.6 Å². The van der Waals surface area contributed by atoms with Crippen molar-refractivity contribution in [3.8, 4) is 0 Å². The smallest absolute Gasteiger partial charge is 0.305 e. The monoisotopic (exact) mass is 296 g/mol. The first-order valence-corrected chi connectivity index (χ1v) is 6.60. The molecule has 1 rings (SSSR count). The molecule has 0 aliphatic rings. The van der Waals surface area contributed by atoms with Gasteiger partial charge in [0.05, 0.1) is 0 Å². The second kappa shape index (κ2) is 7.70. The number of carbonyl (C=O) groups is 2. The van der Waals surface area contributed by atoms with Crippen LogP contribution in [0.1, 0.15) is 32.8 Å². The highest BCUT2D eigenvalue weighted by molar-refractivity contribution is 6.30. The van der Waals surface area contributed by atoms with Gasteiger partial charge in [0.25, 0.3) is 6.29 Å². The van der Waals surface area contributed by atoms with Gasteiger partial charge in [0.2, 0.25) is 0 Å². The molecule has 0 aliphatic carbocycles. The van der Waals surface area contributed by atoms with Crippen LogP contribution in [-0.2, 0) is 19.1 Å². The molecule has 0 unspecified atom stereocenters. The molecule has 0 fully saturated rings. The van der Waals surface area contributed by atoms with E-state index >= 15 is 0 Å². The van der Waals surface area contributed by atoms with Crippen LogP contribution in [0.15, 0.2) is 29.8 Å². The zero-order valence-corrected chi connectivity index (χ0v) is 12.4. The maximum Gasteiger partial charge on any atom is 0.305 e. The Morgan fingerprint density at radius 1 is 1.25 bits per heavy atom. The third-order valence-corrected chi connectivity index (χ3v) is 2.69. The minimum Gasteiger partial charge on any atom is -0.421 e. The molecule has 20 heavy (non-hydrogen) atoms. The Kier molecular flexibility index (Phi) is 6.25. The molecular weight excluding hydrogens is 280 g/mol. The molecule has 0 amide bonds. The maximum absolute atomic E-state index is 11.1. The van der Waals surface area contributed by atoms with Crippen LogP contribution in [0.2, 0.25) is 5.02 Å². The number of benzene rings is 1. The average molecular weight is 297 g/mol. The Labute approximate surface area is 123 Å². The van der Waals surface area contributed by atoms with Gasteiger partial charge in [-0.1, -0.05) is 30.7 Å². The van der Waals surface area contributed by atoms with Crippen molar-refractivity contribution in [2.75, 3.05) is 0 Å². The molecule has 5 heteroatoms. The third kappa shape index (κ3) is 5.45. The van der Waals surface area contributed by atoms with E-state index in [1.165, 1.54) is 13.8 Å². The second-order valence-electron chi connectivity index (χ2n) is 4.18. The van der Waals surface area contributed by atoms with Crippen molar-refractivity contribution in [3.05, 3.63) is 40.4 Å². The summed E-state index contributed by atoms with van der Waals surface area (Å²) < 4.78 is 10.1. The number of rotatable bonds is 5. The fraction of sp³-hybridized carbons (Fsp3) is 0.333. The zero-order chi connectivity index (χ0) is 15.1. The molecule has 0 saturated carbocycles. The van der Waals surface area contributed by atoms with Gasteiger partial charge in [-0.05, 0) is 30.2 Å². The number of hydrogen-bond donors (Lipinski definition) is 0. The highest BCUT2D eigenvalue weighted by atomic mass is 35.5. The van der Waals surface area contributed by atoms with Crippen LogP contribution in [-0.4, -0.2) is 18.2 Å².